The van der Waals surface area contributed by atoms with Crippen LogP contribution in [0, 0.1) is 5.92 Å². The van der Waals surface area contributed by atoms with Gasteiger partial charge in [-0.3, -0.25) is 4.99 Å². The predicted octanol–water partition coefficient (Wildman–Crippen LogP) is 3.03. The zero-order valence-corrected chi connectivity index (χ0v) is 14.9. The van der Waals surface area contributed by atoms with E-state index in [2.05, 4.69) is 58.6 Å². The summed E-state index contributed by atoms with van der Waals surface area (Å²) in [6, 6.07) is 10.8. The van der Waals surface area contributed by atoms with Gasteiger partial charge in [0.05, 0.1) is 6.04 Å². The van der Waals surface area contributed by atoms with Crippen molar-refractivity contribution >= 4 is 5.96 Å². The van der Waals surface area contributed by atoms with Gasteiger partial charge in [-0.25, -0.2) is 0 Å². The van der Waals surface area contributed by atoms with Crippen LogP contribution in [0.1, 0.15) is 44.7 Å². The fraction of sp³-hybridized carbons (Fsp3) is 0.632. The summed E-state index contributed by atoms with van der Waals surface area (Å²) in [5, 5.41) is 6.99. The number of aliphatic imine (C=N–C) groups is 1. The van der Waals surface area contributed by atoms with E-state index < -0.39 is 0 Å². The average Bonchev–Trinajstić information content (AvgIpc) is 2.60. The Morgan fingerprint density at radius 1 is 1.26 bits per heavy atom. The molecule has 4 heteroatoms. The molecule has 1 aromatic carbocycles. The lowest BCUT2D eigenvalue weighted by molar-refractivity contribution is 0.185. The lowest BCUT2D eigenvalue weighted by Crippen LogP contribution is -2.43. The van der Waals surface area contributed by atoms with E-state index in [4.69, 9.17) is 0 Å². The molecule has 0 aliphatic carbocycles. The summed E-state index contributed by atoms with van der Waals surface area (Å²) in [5.74, 6) is 1.66. The molecule has 128 valence electrons. The molecule has 1 aromatic rings. The maximum absolute atomic E-state index is 4.37. The maximum atomic E-state index is 4.37. The molecule has 0 saturated carbocycles. The SMILES string of the molecule is CCCN1CCC(CNC(=NC)NC(C)c2ccccc2)CC1. The van der Waals surface area contributed by atoms with Crippen molar-refractivity contribution < 1.29 is 0 Å². The summed E-state index contributed by atoms with van der Waals surface area (Å²) < 4.78 is 0. The van der Waals surface area contributed by atoms with Gasteiger partial charge in [0.25, 0.3) is 0 Å². The number of hydrogen-bond donors (Lipinski definition) is 2. The monoisotopic (exact) mass is 316 g/mol. The van der Waals surface area contributed by atoms with E-state index in [-0.39, 0.29) is 6.04 Å². The minimum absolute atomic E-state index is 0.258. The molecule has 0 aromatic heterocycles. The van der Waals surface area contributed by atoms with Gasteiger partial charge in [0.1, 0.15) is 0 Å². The van der Waals surface area contributed by atoms with E-state index in [0.717, 1.165) is 18.4 Å². The predicted molar refractivity (Wildman–Crippen MR) is 98.8 cm³/mol. The van der Waals surface area contributed by atoms with Crippen LogP contribution in [0.2, 0.25) is 0 Å². The van der Waals surface area contributed by atoms with Gasteiger partial charge in [-0.2, -0.15) is 0 Å². The first-order chi connectivity index (χ1) is 11.2. The van der Waals surface area contributed by atoms with Crippen molar-refractivity contribution in [3.8, 4) is 0 Å². The van der Waals surface area contributed by atoms with Crippen LogP contribution in [-0.4, -0.2) is 44.1 Å². The minimum Gasteiger partial charge on any atom is -0.356 e. The third kappa shape index (κ3) is 5.87. The largest absolute Gasteiger partial charge is 0.356 e. The Labute approximate surface area is 141 Å². The highest BCUT2D eigenvalue weighted by Gasteiger charge is 2.18. The summed E-state index contributed by atoms with van der Waals surface area (Å²) in [6.07, 6.45) is 3.84. The van der Waals surface area contributed by atoms with Crippen LogP contribution in [-0.2, 0) is 0 Å². The first kappa shape index (κ1) is 17.8. The van der Waals surface area contributed by atoms with Crippen LogP contribution in [0.4, 0.5) is 0 Å². The molecule has 4 nitrogen and oxygen atoms in total. The molecule has 1 fully saturated rings. The smallest absolute Gasteiger partial charge is 0.191 e. The number of likely N-dealkylation sites (tertiary alicyclic amines) is 1. The summed E-state index contributed by atoms with van der Waals surface area (Å²) in [5.41, 5.74) is 1.28. The quantitative estimate of drug-likeness (QED) is 0.626. The van der Waals surface area contributed by atoms with E-state index in [1.54, 1.807) is 0 Å². The zero-order chi connectivity index (χ0) is 16.5. The second kappa shape index (κ2) is 9.56. The highest BCUT2D eigenvalue weighted by atomic mass is 15.2. The third-order valence-electron chi connectivity index (χ3n) is 4.68. The van der Waals surface area contributed by atoms with Crippen molar-refractivity contribution in [3.05, 3.63) is 35.9 Å². The lowest BCUT2D eigenvalue weighted by atomic mass is 9.97. The van der Waals surface area contributed by atoms with Gasteiger partial charge in [-0.15, -0.1) is 0 Å². The Hall–Kier alpha value is -1.55. The lowest BCUT2D eigenvalue weighted by Gasteiger charge is -2.32. The molecular formula is C19H32N4. The van der Waals surface area contributed by atoms with Gasteiger partial charge in [0.2, 0.25) is 0 Å². The Morgan fingerprint density at radius 3 is 2.57 bits per heavy atom. The average molecular weight is 316 g/mol. The Bertz CT molecular complexity index is 464. The van der Waals surface area contributed by atoms with Crippen LogP contribution < -0.4 is 10.6 Å². The number of benzene rings is 1. The molecular weight excluding hydrogens is 284 g/mol. The third-order valence-corrected chi connectivity index (χ3v) is 4.68. The van der Waals surface area contributed by atoms with Gasteiger partial charge in [-0.05, 0) is 57.3 Å². The van der Waals surface area contributed by atoms with Crippen LogP contribution in [0.5, 0.6) is 0 Å². The number of nitrogens with one attached hydrogen (secondary N) is 2. The molecule has 2 N–H and O–H groups in total. The molecule has 23 heavy (non-hydrogen) atoms. The Balaban J connectivity index is 1.73. The minimum atomic E-state index is 0.258. The van der Waals surface area contributed by atoms with Crippen molar-refractivity contribution in [1.82, 2.24) is 15.5 Å². The highest BCUT2D eigenvalue weighted by molar-refractivity contribution is 5.80. The van der Waals surface area contributed by atoms with Crippen molar-refractivity contribution in [2.45, 2.75) is 39.2 Å². The Morgan fingerprint density at radius 2 is 1.96 bits per heavy atom. The van der Waals surface area contributed by atoms with E-state index in [0.29, 0.717) is 0 Å². The van der Waals surface area contributed by atoms with Crippen LogP contribution in [0.3, 0.4) is 0 Å². The molecule has 0 amide bonds. The number of nitrogens with zero attached hydrogens (tertiary/aromatic N) is 2. The second-order valence-electron chi connectivity index (χ2n) is 6.51. The normalized spacial score (nSPS) is 18.7. The number of rotatable bonds is 6. The summed E-state index contributed by atoms with van der Waals surface area (Å²) >= 11 is 0. The number of piperidine rings is 1. The molecule has 1 unspecified atom stereocenters. The molecule has 0 bridgehead atoms. The second-order valence-corrected chi connectivity index (χ2v) is 6.51. The van der Waals surface area contributed by atoms with Crippen molar-refractivity contribution in [2.24, 2.45) is 10.9 Å². The van der Waals surface area contributed by atoms with E-state index in [1.165, 1.54) is 44.5 Å². The molecule has 1 atom stereocenters. The van der Waals surface area contributed by atoms with Crippen molar-refractivity contribution in [1.29, 1.82) is 0 Å². The van der Waals surface area contributed by atoms with Gasteiger partial charge < -0.3 is 15.5 Å². The summed E-state index contributed by atoms with van der Waals surface area (Å²) in [6.45, 7) is 9.18. The molecule has 1 saturated heterocycles. The highest BCUT2D eigenvalue weighted by Crippen LogP contribution is 2.16. The van der Waals surface area contributed by atoms with Crippen molar-refractivity contribution in [2.75, 3.05) is 33.2 Å². The fourth-order valence-corrected chi connectivity index (χ4v) is 3.20. The van der Waals surface area contributed by atoms with Crippen LogP contribution in [0.15, 0.2) is 35.3 Å². The van der Waals surface area contributed by atoms with Gasteiger partial charge in [-0.1, -0.05) is 37.3 Å². The first-order valence-corrected chi connectivity index (χ1v) is 8.97. The number of hydrogen-bond acceptors (Lipinski definition) is 2. The van der Waals surface area contributed by atoms with E-state index >= 15 is 0 Å². The van der Waals surface area contributed by atoms with Gasteiger partial charge in [0, 0.05) is 13.6 Å². The molecule has 1 aliphatic heterocycles. The molecule has 2 rings (SSSR count). The van der Waals surface area contributed by atoms with Crippen LogP contribution in [0.25, 0.3) is 0 Å². The molecule has 1 aliphatic rings. The molecule has 1 heterocycles. The summed E-state index contributed by atoms with van der Waals surface area (Å²) in [7, 11) is 1.84. The van der Waals surface area contributed by atoms with E-state index in [9.17, 15) is 0 Å². The number of guanidine groups is 1. The topological polar surface area (TPSA) is 39.7 Å². The standard InChI is InChI=1S/C19H32N4/c1-4-12-23-13-10-17(11-14-23)15-21-19(20-3)22-16(2)18-8-6-5-7-9-18/h5-9,16-17H,4,10-15H2,1-3H3,(H2,20,21,22). The first-order valence-electron chi connectivity index (χ1n) is 8.97. The zero-order valence-electron chi connectivity index (χ0n) is 14.9. The Kier molecular flexibility index (Phi) is 7.40. The van der Waals surface area contributed by atoms with Gasteiger partial charge >= 0.3 is 0 Å². The van der Waals surface area contributed by atoms with Gasteiger partial charge in [0.15, 0.2) is 5.96 Å². The van der Waals surface area contributed by atoms with Crippen LogP contribution >= 0.6 is 0 Å². The summed E-state index contributed by atoms with van der Waals surface area (Å²) in [4.78, 5) is 6.95. The van der Waals surface area contributed by atoms with Crippen molar-refractivity contribution in [3.63, 3.8) is 0 Å². The van der Waals surface area contributed by atoms with E-state index in [1.807, 2.05) is 13.1 Å². The molecule has 0 radical (unpaired) electrons. The maximum Gasteiger partial charge on any atom is 0.191 e. The fourth-order valence-electron chi connectivity index (χ4n) is 3.20. The molecule has 0 spiro atoms.